The number of rotatable bonds is 6. The van der Waals surface area contributed by atoms with E-state index in [9.17, 15) is 9.18 Å². The van der Waals surface area contributed by atoms with Gasteiger partial charge >= 0.3 is 0 Å². The Balaban J connectivity index is 2.87. The molecule has 3 nitrogen and oxygen atoms in total. The van der Waals surface area contributed by atoms with Gasteiger partial charge < -0.3 is 4.74 Å². The highest BCUT2D eigenvalue weighted by molar-refractivity contribution is 6.30. The monoisotopic (exact) mass is 269 g/mol. The minimum atomic E-state index is -1.14. The maximum Gasteiger partial charge on any atom is 0.156 e. The summed E-state index contributed by atoms with van der Waals surface area (Å²) in [6.07, 6.45) is 0.0814. The van der Waals surface area contributed by atoms with Crippen molar-refractivity contribution in [1.82, 2.24) is 0 Å². The molecule has 5 heteroatoms. The predicted octanol–water partition coefficient (Wildman–Crippen LogP) is 3.08. The molecule has 0 saturated heterocycles. The van der Waals surface area contributed by atoms with Crippen LogP contribution < -0.4 is 0 Å². The molecule has 0 aliphatic heterocycles. The molecule has 1 atom stereocenters. The van der Waals surface area contributed by atoms with Gasteiger partial charge in [-0.05, 0) is 13.0 Å². The summed E-state index contributed by atoms with van der Waals surface area (Å²) in [7, 11) is 0. The number of nitrogens with zero attached hydrogens (tertiary/aromatic N) is 1. The van der Waals surface area contributed by atoms with Gasteiger partial charge in [0.25, 0.3) is 0 Å². The third kappa shape index (κ3) is 3.52. The Morgan fingerprint density at radius 1 is 1.61 bits per heavy atom. The first-order chi connectivity index (χ1) is 8.61. The van der Waals surface area contributed by atoms with Crippen LogP contribution in [0.4, 0.5) is 4.39 Å². The number of nitriles is 1. The molecule has 0 heterocycles. The molecule has 1 rings (SSSR count). The fraction of sp³-hybridized carbons (Fsp3) is 0.385. The summed E-state index contributed by atoms with van der Waals surface area (Å²) in [6, 6.07) is 6.10. The summed E-state index contributed by atoms with van der Waals surface area (Å²) in [4.78, 5) is 11.8. The molecule has 1 unspecified atom stereocenters. The van der Waals surface area contributed by atoms with Crippen LogP contribution in [0.3, 0.4) is 0 Å². The normalized spacial score (nSPS) is 11.9. The third-order valence-electron chi connectivity index (χ3n) is 2.44. The number of hydrogen-bond donors (Lipinski definition) is 0. The summed E-state index contributed by atoms with van der Waals surface area (Å²) in [5, 5.41) is 8.91. The third-order valence-corrected chi connectivity index (χ3v) is 2.73. The summed E-state index contributed by atoms with van der Waals surface area (Å²) in [5.41, 5.74) is 0.0199. The van der Waals surface area contributed by atoms with Crippen LogP contribution in [0.2, 0.25) is 5.02 Å². The second-order valence-electron chi connectivity index (χ2n) is 3.62. The van der Waals surface area contributed by atoms with Gasteiger partial charge in [0.15, 0.2) is 5.78 Å². The van der Waals surface area contributed by atoms with Crippen molar-refractivity contribution in [3.8, 4) is 6.07 Å². The summed E-state index contributed by atoms with van der Waals surface area (Å²) in [6.45, 7) is 2.54. The van der Waals surface area contributed by atoms with Crippen LogP contribution in [0.15, 0.2) is 18.2 Å². The number of benzene rings is 1. The van der Waals surface area contributed by atoms with Crippen LogP contribution in [0.5, 0.6) is 0 Å². The molecule has 0 amide bonds. The highest BCUT2D eigenvalue weighted by Gasteiger charge is 2.23. The lowest BCUT2D eigenvalue weighted by Gasteiger charge is -2.10. The highest BCUT2D eigenvalue weighted by Crippen LogP contribution is 2.25. The van der Waals surface area contributed by atoms with Crippen LogP contribution in [-0.2, 0) is 9.53 Å². The van der Waals surface area contributed by atoms with E-state index in [1.54, 1.807) is 0 Å². The summed E-state index contributed by atoms with van der Waals surface area (Å²) >= 11 is 5.63. The van der Waals surface area contributed by atoms with Crippen molar-refractivity contribution in [1.29, 1.82) is 5.26 Å². The Hall–Kier alpha value is -1.44. The zero-order chi connectivity index (χ0) is 13.5. The van der Waals surface area contributed by atoms with Crippen molar-refractivity contribution in [2.75, 3.05) is 13.2 Å². The molecule has 0 fully saturated rings. The molecular formula is C13H13ClFNO2. The Morgan fingerprint density at radius 2 is 2.33 bits per heavy atom. The number of ether oxygens (including phenoxy) is 1. The second-order valence-corrected chi connectivity index (χ2v) is 4.03. The van der Waals surface area contributed by atoms with E-state index in [2.05, 4.69) is 0 Å². The maximum atomic E-state index is 13.7. The predicted molar refractivity (Wildman–Crippen MR) is 65.9 cm³/mol. The van der Waals surface area contributed by atoms with Gasteiger partial charge in [-0.3, -0.25) is 4.79 Å². The Bertz CT molecular complexity index is 471. The molecule has 0 aliphatic carbocycles. The van der Waals surface area contributed by atoms with Crippen LogP contribution >= 0.6 is 11.6 Å². The Kier molecular flexibility index (Phi) is 5.76. The summed E-state index contributed by atoms with van der Waals surface area (Å²) < 4.78 is 18.8. The van der Waals surface area contributed by atoms with Crippen LogP contribution in [0, 0.1) is 17.1 Å². The van der Waals surface area contributed by atoms with Gasteiger partial charge in [0.2, 0.25) is 0 Å². The van der Waals surface area contributed by atoms with Gasteiger partial charge in [-0.15, -0.1) is 0 Å². The van der Waals surface area contributed by atoms with Gasteiger partial charge in [0, 0.05) is 18.6 Å². The molecule has 1 aromatic carbocycles. The Morgan fingerprint density at radius 3 is 2.94 bits per heavy atom. The molecule has 0 spiro atoms. The molecule has 0 aliphatic rings. The first-order valence-electron chi connectivity index (χ1n) is 5.55. The maximum absolute atomic E-state index is 13.7. The molecule has 0 aromatic heterocycles. The summed E-state index contributed by atoms with van der Waals surface area (Å²) in [5.74, 6) is -2.22. The molecule has 0 radical (unpaired) electrons. The smallest absolute Gasteiger partial charge is 0.156 e. The number of hydrogen-bond acceptors (Lipinski definition) is 3. The van der Waals surface area contributed by atoms with Gasteiger partial charge in [-0.1, -0.05) is 23.7 Å². The molecule has 1 aromatic rings. The number of ketones is 1. The number of Topliss-reactive ketones (excluding diaryl/α,β-unsaturated/α-hetero) is 1. The average molecular weight is 270 g/mol. The lowest BCUT2D eigenvalue weighted by atomic mass is 9.94. The molecule has 18 heavy (non-hydrogen) atoms. The van der Waals surface area contributed by atoms with Crippen molar-refractivity contribution >= 4 is 17.4 Å². The van der Waals surface area contributed by atoms with Crippen LogP contribution in [-0.4, -0.2) is 19.0 Å². The van der Waals surface area contributed by atoms with Gasteiger partial charge in [-0.25, -0.2) is 4.39 Å². The van der Waals surface area contributed by atoms with E-state index in [0.717, 1.165) is 0 Å². The Labute approximate surface area is 110 Å². The zero-order valence-corrected chi connectivity index (χ0v) is 10.7. The van der Waals surface area contributed by atoms with Crippen molar-refractivity contribution < 1.29 is 13.9 Å². The van der Waals surface area contributed by atoms with Gasteiger partial charge in [0.1, 0.15) is 11.7 Å². The average Bonchev–Trinajstić information content (AvgIpc) is 2.36. The lowest BCUT2D eigenvalue weighted by Crippen LogP contribution is -2.14. The zero-order valence-electron chi connectivity index (χ0n) is 9.95. The quantitative estimate of drug-likeness (QED) is 0.746. The first kappa shape index (κ1) is 14.6. The molecule has 0 N–H and O–H groups in total. The van der Waals surface area contributed by atoms with E-state index in [1.807, 2.05) is 13.0 Å². The van der Waals surface area contributed by atoms with Gasteiger partial charge in [0.05, 0.1) is 17.7 Å². The van der Waals surface area contributed by atoms with Crippen molar-refractivity contribution in [2.24, 2.45) is 0 Å². The second kappa shape index (κ2) is 7.10. The van der Waals surface area contributed by atoms with Crippen molar-refractivity contribution in [2.45, 2.75) is 19.3 Å². The standard InChI is InChI=1S/C13H13ClFNO2/c1-2-18-7-6-12(17)10(8-16)9-4-3-5-11(14)13(9)15/h3-5,10H,2,6-7H2,1H3. The van der Waals surface area contributed by atoms with E-state index >= 15 is 0 Å². The molecule has 0 bridgehead atoms. The molecule has 0 saturated carbocycles. The lowest BCUT2D eigenvalue weighted by molar-refractivity contribution is -0.120. The minimum Gasteiger partial charge on any atom is -0.381 e. The first-order valence-corrected chi connectivity index (χ1v) is 5.93. The highest BCUT2D eigenvalue weighted by atomic mass is 35.5. The van der Waals surface area contributed by atoms with Crippen LogP contribution in [0.25, 0.3) is 0 Å². The van der Waals surface area contributed by atoms with Gasteiger partial charge in [-0.2, -0.15) is 5.26 Å². The van der Waals surface area contributed by atoms with Crippen molar-refractivity contribution in [3.05, 3.63) is 34.6 Å². The van der Waals surface area contributed by atoms with Crippen molar-refractivity contribution in [3.63, 3.8) is 0 Å². The van der Waals surface area contributed by atoms with E-state index in [4.69, 9.17) is 21.6 Å². The topological polar surface area (TPSA) is 50.1 Å². The van der Waals surface area contributed by atoms with Crippen LogP contribution in [0.1, 0.15) is 24.8 Å². The largest absolute Gasteiger partial charge is 0.381 e. The van der Waals surface area contributed by atoms with E-state index in [1.165, 1.54) is 18.2 Å². The molecule has 96 valence electrons. The number of carbonyl (C=O) groups is 1. The van der Waals surface area contributed by atoms with E-state index in [-0.39, 0.29) is 29.4 Å². The number of halogens is 2. The fourth-order valence-corrected chi connectivity index (χ4v) is 1.70. The molecular weight excluding hydrogens is 257 g/mol. The fourth-order valence-electron chi connectivity index (χ4n) is 1.52. The van der Waals surface area contributed by atoms with E-state index < -0.39 is 11.7 Å². The minimum absolute atomic E-state index is 0.0199. The number of carbonyl (C=O) groups excluding carboxylic acids is 1. The SMILES string of the molecule is CCOCCC(=O)C(C#N)c1cccc(Cl)c1F. The van der Waals surface area contributed by atoms with E-state index in [0.29, 0.717) is 6.61 Å².